The summed E-state index contributed by atoms with van der Waals surface area (Å²) >= 11 is 0. The number of rotatable bonds is 4. The van der Waals surface area contributed by atoms with Crippen LogP contribution in [0, 0.1) is 5.92 Å². The second kappa shape index (κ2) is 6.47. The molecule has 0 radical (unpaired) electrons. The molecule has 5 heteroatoms. The van der Waals surface area contributed by atoms with Crippen LogP contribution in [0.3, 0.4) is 0 Å². The number of hydrogen-bond donors (Lipinski definition) is 1. The van der Waals surface area contributed by atoms with Crippen molar-refractivity contribution in [3.05, 3.63) is 29.8 Å². The third kappa shape index (κ3) is 2.70. The number of carbonyl (C=O) groups excluding carboxylic acids is 1. The van der Waals surface area contributed by atoms with E-state index in [0.29, 0.717) is 18.5 Å². The molecule has 2 unspecified atom stereocenters. The molecule has 1 saturated heterocycles. The summed E-state index contributed by atoms with van der Waals surface area (Å²) in [6.07, 6.45) is 2.86. The number of halogens is 1. The fourth-order valence-corrected chi connectivity index (χ4v) is 3.63. The normalized spacial score (nSPS) is 25.5. The van der Waals surface area contributed by atoms with Gasteiger partial charge in [-0.2, -0.15) is 0 Å². The van der Waals surface area contributed by atoms with Crippen LogP contribution in [0.2, 0.25) is 0 Å². The zero-order valence-electron chi connectivity index (χ0n) is 13.2. The van der Waals surface area contributed by atoms with Gasteiger partial charge in [0.1, 0.15) is 5.75 Å². The Morgan fingerprint density at radius 1 is 1.41 bits per heavy atom. The molecule has 1 aromatic rings. The molecule has 0 spiro atoms. The summed E-state index contributed by atoms with van der Waals surface area (Å²) in [5.41, 5.74) is 6.47. The highest BCUT2D eigenvalue weighted by atomic mass is 35.5. The number of nitrogens with two attached hydrogens (primary N) is 1. The SMILES string of the molecule is COc1ccccc1C1(C(=O)N2CC(CN)CC2C)CC1.Cl. The lowest BCUT2D eigenvalue weighted by atomic mass is 9.93. The summed E-state index contributed by atoms with van der Waals surface area (Å²) in [7, 11) is 1.67. The largest absolute Gasteiger partial charge is 0.496 e. The molecule has 22 heavy (non-hydrogen) atoms. The van der Waals surface area contributed by atoms with Gasteiger partial charge in [-0.3, -0.25) is 4.79 Å². The third-order valence-corrected chi connectivity index (χ3v) is 5.04. The second-order valence-electron chi connectivity index (χ2n) is 6.43. The minimum Gasteiger partial charge on any atom is -0.496 e. The number of nitrogens with zero attached hydrogens (tertiary/aromatic N) is 1. The van der Waals surface area contributed by atoms with Crippen LogP contribution in [-0.2, 0) is 10.2 Å². The first-order valence-electron chi connectivity index (χ1n) is 7.77. The molecular formula is C17H25ClN2O2. The lowest BCUT2D eigenvalue weighted by Crippen LogP contribution is -2.41. The van der Waals surface area contributed by atoms with E-state index in [-0.39, 0.29) is 23.7 Å². The van der Waals surface area contributed by atoms with Crippen molar-refractivity contribution in [1.29, 1.82) is 0 Å². The maximum atomic E-state index is 13.1. The van der Waals surface area contributed by atoms with Crippen molar-refractivity contribution in [3.63, 3.8) is 0 Å². The lowest BCUT2D eigenvalue weighted by Gasteiger charge is -2.28. The molecule has 122 valence electrons. The van der Waals surface area contributed by atoms with Crippen LogP contribution < -0.4 is 10.5 Å². The predicted octanol–water partition coefficient (Wildman–Crippen LogP) is 2.34. The number of amides is 1. The highest BCUT2D eigenvalue weighted by Crippen LogP contribution is 2.53. The molecule has 2 fully saturated rings. The molecule has 1 aliphatic carbocycles. The van der Waals surface area contributed by atoms with Crippen LogP contribution in [0.25, 0.3) is 0 Å². The van der Waals surface area contributed by atoms with Gasteiger partial charge in [-0.25, -0.2) is 0 Å². The molecule has 1 heterocycles. The number of ether oxygens (including phenoxy) is 1. The van der Waals surface area contributed by atoms with Gasteiger partial charge >= 0.3 is 0 Å². The van der Waals surface area contributed by atoms with Gasteiger partial charge in [-0.05, 0) is 44.7 Å². The first-order valence-corrected chi connectivity index (χ1v) is 7.77. The Bertz CT molecular complexity index is 545. The lowest BCUT2D eigenvalue weighted by molar-refractivity contribution is -0.134. The molecule has 2 aliphatic rings. The van der Waals surface area contributed by atoms with E-state index >= 15 is 0 Å². The van der Waals surface area contributed by atoms with Crippen molar-refractivity contribution in [1.82, 2.24) is 4.90 Å². The molecule has 0 aromatic heterocycles. The summed E-state index contributed by atoms with van der Waals surface area (Å²) in [5.74, 6) is 1.53. The van der Waals surface area contributed by atoms with Crippen LogP contribution in [-0.4, -0.2) is 37.0 Å². The van der Waals surface area contributed by atoms with E-state index in [4.69, 9.17) is 10.5 Å². The standard InChI is InChI=1S/C17H24N2O2.ClH/c1-12-9-13(10-18)11-19(12)16(20)17(7-8-17)14-5-3-4-6-15(14)21-2;/h3-6,12-13H,7-11,18H2,1-2H3;1H. The van der Waals surface area contributed by atoms with Gasteiger partial charge in [0, 0.05) is 18.2 Å². The van der Waals surface area contributed by atoms with Crippen molar-refractivity contribution in [3.8, 4) is 5.75 Å². The van der Waals surface area contributed by atoms with Gasteiger partial charge in [-0.15, -0.1) is 12.4 Å². The molecule has 2 N–H and O–H groups in total. The second-order valence-corrected chi connectivity index (χ2v) is 6.43. The fraction of sp³-hybridized carbons (Fsp3) is 0.588. The third-order valence-electron chi connectivity index (χ3n) is 5.04. The number of methoxy groups -OCH3 is 1. The Morgan fingerprint density at radius 2 is 2.09 bits per heavy atom. The first kappa shape index (κ1) is 17.1. The number of benzene rings is 1. The highest BCUT2D eigenvalue weighted by molar-refractivity contribution is 5.92. The van der Waals surface area contributed by atoms with E-state index in [1.54, 1.807) is 7.11 Å². The molecular weight excluding hydrogens is 300 g/mol. The highest BCUT2D eigenvalue weighted by Gasteiger charge is 2.55. The van der Waals surface area contributed by atoms with Crippen LogP contribution >= 0.6 is 12.4 Å². The predicted molar refractivity (Wildman–Crippen MR) is 89.5 cm³/mol. The molecule has 0 bridgehead atoms. The Labute approximate surface area is 138 Å². The topological polar surface area (TPSA) is 55.6 Å². The molecule has 4 nitrogen and oxygen atoms in total. The van der Waals surface area contributed by atoms with E-state index < -0.39 is 0 Å². The van der Waals surface area contributed by atoms with Crippen molar-refractivity contribution < 1.29 is 9.53 Å². The van der Waals surface area contributed by atoms with E-state index in [1.807, 2.05) is 29.2 Å². The Kier molecular flexibility index (Phi) is 5.03. The summed E-state index contributed by atoms with van der Waals surface area (Å²) in [6, 6.07) is 8.20. The Hall–Kier alpha value is -1.26. The van der Waals surface area contributed by atoms with Gasteiger partial charge in [0.2, 0.25) is 5.91 Å². The molecule has 3 rings (SSSR count). The zero-order valence-corrected chi connectivity index (χ0v) is 14.1. The van der Waals surface area contributed by atoms with Crippen molar-refractivity contribution in [2.24, 2.45) is 11.7 Å². The van der Waals surface area contributed by atoms with E-state index in [2.05, 4.69) is 6.92 Å². The summed E-state index contributed by atoms with van der Waals surface area (Å²) in [5, 5.41) is 0. The average molecular weight is 325 g/mol. The van der Waals surface area contributed by atoms with Crippen LogP contribution in [0.15, 0.2) is 24.3 Å². The minimum absolute atomic E-state index is 0. The van der Waals surface area contributed by atoms with E-state index in [0.717, 1.165) is 37.1 Å². The quantitative estimate of drug-likeness (QED) is 0.925. The van der Waals surface area contributed by atoms with E-state index in [1.165, 1.54) is 0 Å². The van der Waals surface area contributed by atoms with Crippen LogP contribution in [0.4, 0.5) is 0 Å². The number of likely N-dealkylation sites (tertiary alicyclic amines) is 1. The maximum Gasteiger partial charge on any atom is 0.233 e. The molecule has 1 amide bonds. The van der Waals surface area contributed by atoms with Gasteiger partial charge < -0.3 is 15.4 Å². The Balaban J connectivity index is 0.00000176. The maximum absolute atomic E-state index is 13.1. The number of para-hydroxylation sites is 1. The van der Waals surface area contributed by atoms with Gasteiger partial charge in [0.05, 0.1) is 12.5 Å². The first-order chi connectivity index (χ1) is 10.1. The number of hydrogen-bond acceptors (Lipinski definition) is 3. The van der Waals surface area contributed by atoms with Gasteiger partial charge in [0.25, 0.3) is 0 Å². The van der Waals surface area contributed by atoms with Crippen molar-refractivity contribution in [2.45, 2.75) is 37.6 Å². The molecule has 1 aliphatic heterocycles. The minimum atomic E-state index is -0.357. The average Bonchev–Trinajstić information content (AvgIpc) is 3.24. The zero-order chi connectivity index (χ0) is 15.0. The summed E-state index contributed by atoms with van der Waals surface area (Å²) in [6.45, 7) is 3.59. The van der Waals surface area contributed by atoms with Crippen molar-refractivity contribution in [2.75, 3.05) is 20.2 Å². The van der Waals surface area contributed by atoms with Gasteiger partial charge in [-0.1, -0.05) is 18.2 Å². The smallest absolute Gasteiger partial charge is 0.233 e. The molecule has 1 aromatic carbocycles. The monoisotopic (exact) mass is 324 g/mol. The summed E-state index contributed by atoms with van der Waals surface area (Å²) in [4.78, 5) is 15.1. The Morgan fingerprint density at radius 3 is 2.64 bits per heavy atom. The van der Waals surface area contributed by atoms with Crippen LogP contribution in [0.5, 0.6) is 5.75 Å². The fourth-order valence-electron chi connectivity index (χ4n) is 3.63. The van der Waals surface area contributed by atoms with E-state index in [9.17, 15) is 4.79 Å². The van der Waals surface area contributed by atoms with Gasteiger partial charge in [0.15, 0.2) is 0 Å². The molecule has 1 saturated carbocycles. The molecule has 2 atom stereocenters. The number of carbonyl (C=O) groups is 1. The summed E-state index contributed by atoms with van der Waals surface area (Å²) < 4.78 is 5.46. The van der Waals surface area contributed by atoms with Crippen LogP contribution in [0.1, 0.15) is 31.7 Å². The van der Waals surface area contributed by atoms with Crippen molar-refractivity contribution >= 4 is 18.3 Å².